The normalized spacial score (nSPS) is 33.2. The van der Waals surface area contributed by atoms with Crippen LogP contribution in [0.25, 0.3) is 0 Å². The van der Waals surface area contributed by atoms with Crippen LogP contribution in [0.2, 0.25) is 0 Å². The van der Waals surface area contributed by atoms with Gasteiger partial charge in [-0.2, -0.15) is 5.48 Å². The molecule has 2 rings (SSSR count). The molecule has 1 N–H and O–H groups in total. The maximum Gasteiger partial charge on any atom is 0.0790 e. The number of ether oxygens (including phenoxy) is 1. The summed E-state index contributed by atoms with van der Waals surface area (Å²) in [5.41, 5.74) is 3.17. The third kappa shape index (κ3) is 2.69. The van der Waals surface area contributed by atoms with E-state index >= 15 is 0 Å². The zero-order valence-electron chi connectivity index (χ0n) is 9.00. The van der Waals surface area contributed by atoms with Gasteiger partial charge in [0.15, 0.2) is 0 Å². The van der Waals surface area contributed by atoms with Crippen LogP contribution in [0.5, 0.6) is 0 Å². The van der Waals surface area contributed by atoms with E-state index in [0.29, 0.717) is 18.2 Å². The SMILES string of the molecule is CCOC1CC(NOC2CCCC2)C1. The first-order chi connectivity index (χ1) is 6.88. The van der Waals surface area contributed by atoms with Gasteiger partial charge in [-0.05, 0) is 32.6 Å². The second-order valence-electron chi connectivity index (χ2n) is 4.39. The smallest absolute Gasteiger partial charge is 0.0790 e. The van der Waals surface area contributed by atoms with Crippen molar-refractivity contribution in [3.8, 4) is 0 Å². The van der Waals surface area contributed by atoms with E-state index in [1.165, 1.54) is 25.7 Å². The predicted molar refractivity (Wildman–Crippen MR) is 54.9 cm³/mol. The third-order valence-corrected chi connectivity index (χ3v) is 3.20. The summed E-state index contributed by atoms with van der Waals surface area (Å²) in [6, 6.07) is 0.534. The zero-order valence-corrected chi connectivity index (χ0v) is 9.00. The number of hydrogen-bond acceptors (Lipinski definition) is 3. The van der Waals surface area contributed by atoms with Gasteiger partial charge in [-0.3, -0.25) is 4.84 Å². The van der Waals surface area contributed by atoms with E-state index in [1.807, 2.05) is 0 Å². The Kier molecular flexibility index (Phi) is 3.79. The fraction of sp³-hybridized carbons (Fsp3) is 1.00. The summed E-state index contributed by atoms with van der Waals surface area (Å²) < 4.78 is 5.48. The Labute approximate surface area is 86.1 Å². The largest absolute Gasteiger partial charge is 0.378 e. The molecule has 0 amide bonds. The molecule has 0 bridgehead atoms. The van der Waals surface area contributed by atoms with E-state index in [1.54, 1.807) is 0 Å². The van der Waals surface area contributed by atoms with Gasteiger partial charge in [0.25, 0.3) is 0 Å². The van der Waals surface area contributed by atoms with Crippen LogP contribution in [0.1, 0.15) is 45.4 Å². The molecule has 0 radical (unpaired) electrons. The van der Waals surface area contributed by atoms with Crippen LogP contribution in [0.15, 0.2) is 0 Å². The van der Waals surface area contributed by atoms with Crippen LogP contribution in [-0.2, 0) is 9.57 Å². The molecule has 2 saturated carbocycles. The van der Waals surface area contributed by atoms with Gasteiger partial charge in [0.1, 0.15) is 0 Å². The van der Waals surface area contributed by atoms with Crippen molar-refractivity contribution in [2.75, 3.05) is 6.61 Å². The van der Waals surface area contributed by atoms with Gasteiger partial charge in [0.05, 0.1) is 12.2 Å². The molecule has 2 aliphatic rings. The third-order valence-electron chi connectivity index (χ3n) is 3.20. The van der Waals surface area contributed by atoms with Crippen molar-refractivity contribution < 1.29 is 9.57 Å². The molecular formula is C11H21NO2. The van der Waals surface area contributed by atoms with Gasteiger partial charge in [-0.1, -0.05) is 12.8 Å². The molecule has 0 heterocycles. The summed E-state index contributed by atoms with van der Waals surface area (Å²) in [6.45, 7) is 2.89. The molecule has 14 heavy (non-hydrogen) atoms. The molecule has 82 valence electrons. The summed E-state index contributed by atoms with van der Waals surface area (Å²) in [5, 5.41) is 0. The number of hydroxylamine groups is 1. The molecule has 0 aliphatic heterocycles. The lowest BCUT2D eigenvalue weighted by Crippen LogP contribution is -2.46. The van der Waals surface area contributed by atoms with E-state index in [2.05, 4.69) is 12.4 Å². The van der Waals surface area contributed by atoms with E-state index in [-0.39, 0.29) is 0 Å². The molecule has 3 nitrogen and oxygen atoms in total. The quantitative estimate of drug-likeness (QED) is 0.687. The topological polar surface area (TPSA) is 30.5 Å². The molecule has 3 heteroatoms. The highest BCUT2D eigenvalue weighted by molar-refractivity contribution is 4.84. The lowest BCUT2D eigenvalue weighted by atomic mass is 9.90. The van der Waals surface area contributed by atoms with E-state index < -0.39 is 0 Å². The van der Waals surface area contributed by atoms with Crippen molar-refractivity contribution in [3.05, 3.63) is 0 Å². The Morgan fingerprint density at radius 3 is 2.50 bits per heavy atom. The fourth-order valence-corrected chi connectivity index (χ4v) is 2.23. The van der Waals surface area contributed by atoms with Crippen LogP contribution < -0.4 is 5.48 Å². The summed E-state index contributed by atoms with van der Waals surface area (Å²) in [5.74, 6) is 0. The molecule has 0 spiro atoms. The maximum absolute atomic E-state index is 5.63. The Morgan fingerprint density at radius 2 is 1.86 bits per heavy atom. The Balaban J connectivity index is 1.51. The predicted octanol–water partition coefficient (Wildman–Crippen LogP) is 2.02. The van der Waals surface area contributed by atoms with Crippen LogP contribution in [0.3, 0.4) is 0 Å². The summed E-state index contributed by atoms with van der Waals surface area (Å²) in [4.78, 5) is 5.63. The van der Waals surface area contributed by atoms with Crippen molar-refractivity contribution in [2.24, 2.45) is 0 Å². The molecule has 0 aromatic heterocycles. The van der Waals surface area contributed by atoms with Crippen molar-refractivity contribution in [2.45, 2.75) is 63.7 Å². The van der Waals surface area contributed by atoms with Gasteiger partial charge >= 0.3 is 0 Å². The van der Waals surface area contributed by atoms with E-state index in [0.717, 1.165) is 19.4 Å². The second-order valence-corrected chi connectivity index (χ2v) is 4.39. The second kappa shape index (κ2) is 5.10. The molecule has 2 aliphatic carbocycles. The minimum atomic E-state index is 0.473. The van der Waals surface area contributed by atoms with Gasteiger partial charge < -0.3 is 4.74 Å². The Bertz CT molecular complexity index is 163. The van der Waals surface area contributed by atoms with Crippen molar-refractivity contribution in [3.63, 3.8) is 0 Å². The van der Waals surface area contributed by atoms with Gasteiger partial charge in [-0.15, -0.1) is 0 Å². The van der Waals surface area contributed by atoms with Crippen LogP contribution in [0.4, 0.5) is 0 Å². The molecular weight excluding hydrogens is 178 g/mol. The number of nitrogens with one attached hydrogen (secondary N) is 1. The summed E-state index contributed by atoms with van der Waals surface area (Å²) in [6.07, 6.45) is 8.30. The first kappa shape index (κ1) is 10.4. The van der Waals surface area contributed by atoms with E-state index in [4.69, 9.17) is 9.57 Å². The molecule has 0 atom stereocenters. The van der Waals surface area contributed by atoms with Crippen LogP contribution >= 0.6 is 0 Å². The maximum atomic E-state index is 5.63. The van der Waals surface area contributed by atoms with Crippen LogP contribution in [-0.4, -0.2) is 24.9 Å². The van der Waals surface area contributed by atoms with E-state index in [9.17, 15) is 0 Å². The highest BCUT2D eigenvalue weighted by atomic mass is 16.7. The average molecular weight is 199 g/mol. The number of rotatable bonds is 5. The lowest BCUT2D eigenvalue weighted by molar-refractivity contribution is -0.0945. The summed E-state index contributed by atoms with van der Waals surface area (Å²) >= 11 is 0. The minimum absolute atomic E-state index is 0.473. The molecule has 0 aromatic carbocycles. The monoisotopic (exact) mass is 199 g/mol. The number of hydrogen-bond donors (Lipinski definition) is 1. The van der Waals surface area contributed by atoms with Crippen molar-refractivity contribution >= 4 is 0 Å². The first-order valence-electron chi connectivity index (χ1n) is 5.91. The highest BCUT2D eigenvalue weighted by Gasteiger charge is 2.30. The first-order valence-corrected chi connectivity index (χ1v) is 5.91. The Hall–Kier alpha value is -0.120. The molecule has 2 fully saturated rings. The average Bonchev–Trinajstić information content (AvgIpc) is 2.61. The fourth-order valence-electron chi connectivity index (χ4n) is 2.23. The van der Waals surface area contributed by atoms with Gasteiger partial charge in [-0.25, -0.2) is 0 Å². The molecule has 0 unspecified atom stereocenters. The van der Waals surface area contributed by atoms with Crippen molar-refractivity contribution in [1.29, 1.82) is 0 Å². The lowest BCUT2D eigenvalue weighted by Gasteiger charge is -2.35. The van der Waals surface area contributed by atoms with Gasteiger partial charge in [0.2, 0.25) is 0 Å². The minimum Gasteiger partial charge on any atom is -0.378 e. The standard InChI is InChI=1S/C11H21NO2/c1-2-13-11-7-9(8-11)12-14-10-5-3-4-6-10/h9-12H,2-8H2,1H3. The molecule has 0 aromatic rings. The zero-order chi connectivity index (χ0) is 9.80. The van der Waals surface area contributed by atoms with Crippen LogP contribution in [0, 0.1) is 0 Å². The van der Waals surface area contributed by atoms with Crippen molar-refractivity contribution in [1.82, 2.24) is 5.48 Å². The Morgan fingerprint density at radius 1 is 1.14 bits per heavy atom. The highest BCUT2D eigenvalue weighted by Crippen LogP contribution is 2.25. The molecule has 0 saturated heterocycles. The van der Waals surface area contributed by atoms with Gasteiger partial charge in [0, 0.05) is 12.6 Å². The summed E-state index contributed by atoms with van der Waals surface area (Å²) in [7, 11) is 0.